The number of alkyl carbamates (subject to hydrolysis) is 1. The molecule has 1 aliphatic rings. The predicted octanol–water partition coefficient (Wildman–Crippen LogP) is 4.39. The van der Waals surface area contributed by atoms with E-state index in [9.17, 15) is 14.4 Å². The first-order valence-electron chi connectivity index (χ1n) is 9.54. The highest BCUT2D eigenvalue weighted by atomic mass is 32.2. The maximum Gasteiger partial charge on any atom is 0.413 e. The van der Waals surface area contributed by atoms with Crippen LogP contribution in [0.25, 0.3) is 0 Å². The first-order chi connectivity index (χ1) is 14.1. The van der Waals surface area contributed by atoms with Gasteiger partial charge in [0, 0.05) is 10.6 Å². The molecule has 0 saturated carbocycles. The normalized spacial score (nSPS) is 13.1. The lowest BCUT2D eigenvalue weighted by molar-refractivity contribution is -0.113. The number of amides is 3. The number of methoxy groups -OCH3 is 1. The standard InChI is InChI=1S/C21H24N2O4S2/c1-27-21(26)23-19(25)18-15-10-6-3-7-11-16(15)29-20(18)22-17(24)13-28-12-14-8-4-2-5-9-14/h2,4-5,8-9H,3,6-7,10-13H2,1H3,(H,22,24)(H,23,25,26). The van der Waals surface area contributed by atoms with Crippen LogP contribution in [-0.2, 0) is 28.1 Å². The van der Waals surface area contributed by atoms with Gasteiger partial charge in [-0.15, -0.1) is 23.1 Å². The van der Waals surface area contributed by atoms with E-state index in [1.54, 1.807) is 0 Å². The van der Waals surface area contributed by atoms with Gasteiger partial charge in [0.2, 0.25) is 5.91 Å². The van der Waals surface area contributed by atoms with E-state index in [0.29, 0.717) is 10.6 Å². The van der Waals surface area contributed by atoms with Gasteiger partial charge < -0.3 is 10.1 Å². The van der Waals surface area contributed by atoms with Crippen LogP contribution in [0.15, 0.2) is 30.3 Å². The maximum absolute atomic E-state index is 12.7. The molecule has 6 nitrogen and oxygen atoms in total. The highest BCUT2D eigenvalue weighted by Gasteiger charge is 2.26. The van der Waals surface area contributed by atoms with Gasteiger partial charge in [-0.05, 0) is 36.8 Å². The van der Waals surface area contributed by atoms with Gasteiger partial charge in [0.25, 0.3) is 5.91 Å². The van der Waals surface area contributed by atoms with Crippen LogP contribution in [0, 0.1) is 0 Å². The highest BCUT2D eigenvalue weighted by molar-refractivity contribution is 7.99. The molecule has 8 heteroatoms. The Morgan fingerprint density at radius 2 is 1.86 bits per heavy atom. The monoisotopic (exact) mass is 432 g/mol. The molecule has 1 aromatic heterocycles. The Morgan fingerprint density at radius 1 is 1.10 bits per heavy atom. The van der Waals surface area contributed by atoms with Crippen molar-refractivity contribution in [3.63, 3.8) is 0 Å². The van der Waals surface area contributed by atoms with E-state index in [4.69, 9.17) is 0 Å². The van der Waals surface area contributed by atoms with Crippen LogP contribution in [-0.4, -0.2) is 30.8 Å². The number of hydrogen-bond acceptors (Lipinski definition) is 6. The smallest absolute Gasteiger partial charge is 0.413 e. The van der Waals surface area contributed by atoms with Gasteiger partial charge in [-0.3, -0.25) is 14.9 Å². The van der Waals surface area contributed by atoms with Crippen molar-refractivity contribution in [1.82, 2.24) is 5.32 Å². The summed E-state index contributed by atoms with van der Waals surface area (Å²) in [5, 5.41) is 5.64. The number of anilines is 1. The van der Waals surface area contributed by atoms with Gasteiger partial charge >= 0.3 is 6.09 Å². The summed E-state index contributed by atoms with van der Waals surface area (Å²) in [6.07, 6.45) is 4.01. The summed E-state index contributed by atoms with van der Waals surface area (Å²) in [5.41, 5.74) is 2.51. The first-order valence-corrected chi connectivity index (χ1v) is 11.5. The van der Waals surface area contributed by atoms with Crippen LogP contribution in [0.5, 0.6) is 0 Å². The SMILES string of the molecule is COC(=O)NC(=O)c1c(NC(=O)CSCc2ccccc2)sc2c1CCCCC2. The van der Waals surface area contributed by atoms with Crippen LogP contribution in [0.2, 0.25) is 0 Å². The number of thiophene rings is 1. The first kappa shape index (κ1) is 21.4. The van der Waals surface area contributed by atoms with Crippen molar-refractivity contribution in [3.05, 3.63) is 51.9 Å². The molecule has 0 radical (unpaired) electrons. The zero-order chi connectivity index (χ0) is 20.6. The van der Waals surface area contributed by atoms with Gasteiger partial charge in [-0.2, -0.15) is 0 Å². The summed E-state index contributed by atoms with van der Waals surface area (Å²) in [4.78, 5) is 37.8. The molecule has 2 N–H and O–H groups in total. The Morgan fingerprint density at radius 3 is 2.62 bits per heavy atom. The molecule has 0 saturated heterocycles. The van der Waals surface area contributed by atoms with E-state index < -0.39 is 12.0 Å². The Kier molecular flexibility index (Phi) is 7.71. The highest BCUT2D eigenvalue weighted by Crippen LogP contribution is 2.37. The molecule has 1 heterocycles. The van der Waals surface area contributed by atoms with Crippen molar-refractivity contribution in [3.8, 4) is 0 Å². The average Bonchev–Trinajstić information content (AvgIpc) is 2.89. The fourth-order valence-corrected chi connectivity index (χ4v) is 5.37. The third kappa shape index (κ3) is 5.83. The molecule has 1 aliphatic carbocycles. The molecule has 0 unspecified atom stereocenters. The molecule has 154 valence electrons. The molecule has 0 aliphatic heterocycles. The molecule has 2 aromatic rings. The quantitative estimate of drug-likeness (QED) is 0.662. The Bertz CT molecular complexity index is 880. The van der Waals surface area contributed by atoms with Gasteiger partial charge in [-0.1, -0.05) is 36.8 Å². The van der Waals surface area contributed by atoms with Gasteiger partial charge in [0.05, 0.1) is 18.4 Å². The molecule has 0 fully saturated rings. The second-order valence-electron chi connectivity index (χ2n) is 6.74. The summed E-state index contributed by atoms with van der Waals surface area (Å²) >= 11 is 2.96. The third-order valence-electron chi connectivity index (χ3n) is 4.65. The van der Waals surface area contributed by atoms with Crippen LogP contribution in [0.1, 0.15) is 45.6 Å². The van der Waals surface area contributed by atoms with Crippen molar-refractivity contribution in [2.75, 3.05) is 18.2 Å². The lowest BCUT2D eigenvalue weighted by Gasteiger charge is -2.09. The Hall–Kier alpha value is -2.32. The van der Waals surface area contributed by atoms with E-state index in [1.165, 1.54) is 30.2 Å². The minimum atomic E-state index is -0.806. The molecule has 3 rings (SSSR count). The van der Waals surface area contributed by atoms with E-state index in [-0.39, 0.29) is 11.7 Å². The van der Waals surface area contributed by atoms with Gasteiger partial charge in [0.15, 0.2) is 0 Å². The Balaban J connectivity index is 1.70. The lowest BCUT2D eigenvalue weighted by Crippen LogP contribution is -2.31. The molecule has 0 bridgehead atoms. The number of fused-ring (bicyclic) bond motifs is 1. The number of rotatable bonds is 6. The van der Waals surface area contributed by atoms with E-state index >= 15 is 0 Å². The predicted molar refractivity (Wildman–Crippen MR) is 117 cm³/mol. The molecule has 29 heavy (non-hydrogen) atoms. The average molecular weight is 433 g/mol. The minimum absolute atomic E-state index is 0.158. The molecule has 3 amide bonds. The van der Waals surface area contributed by atoms with Crippen molar-refractivity contribution in [2.24, 2.45) is 0 Å². The fraction of sp³-hybridized carbons (Fsp3) is 0.381. The molecular weight excluding hydrogens is 408 g/mol. The number of benzene rings is 1. The summed E-state index contributed by atoms with van der Waals surface area (Å²) in [6, 6.07) is 9.96. The number of hydrogen-bond donors (Lipinski definition) is 2. The van der Waals surface area contributed by atoms with Crippen molar-refractivity contribution < 1.29 is 19.1 Å². The van der Waals surface area contributed by atoms with Crippen LogP contribution < -0.4 is 10.6 Å². The van der Waals surface area contributed by atoms with Gasteiger partial charge in [0.1, 0.15) is 5.00 Å². The molecule has 1 aromatic carbocycles. The second kappa shape index (κ2) is 10.5. The zero-order valence-corrected chi connectivity index (χ0v) is 17.9. The maximum atomic E-state index is 12.7. The topological polar surface area (TPSA) is 84.5 Å². The largest absolute Gasteiger partial charge is 0.453 e. The molecule has 0 atom stereocenters. The van der Waals surface area contributed by atoms with Crippen molar-refractivity contribution >= 4 is 46.0 Å². The van der Waals surface area contributed by atoms with Crippen molar-refractivity contribution in [1.29, 1.82) is 0 Å². The summed E-state index contributed by atoms with van der Waals surface area (Å²) < 4.78 is 4.55. The molecule has 0 spiro atoms. The van der Waals surface area contributed by atoms with Crippen LogP contribution in [0.3, 0.4) is 0 Å². The van der Waals surface area contributed by atoms with Crippen molar-refractivity contribution in [2.45, 2.75) is 37.9 Å². The summed E-state index contributed by atoms with van der Waals surface area (Å²) in [7, 11) is 1.21. The lowest BCUT2D eigenvalue weighted by atomic mass is 10.0. The number of aryl methyl sites for hydroxylation is 1. The number of carbonyl (C=O) groups excluding carboxylic acids is 3. The number of carbonyl (C=O) groups is 3. The Labute approximate surface area is 178 Å². The van der Waals surface area contributed by atoms with E-state index in [1.807, 2.05) is 30.3 Å². The van der Waals surface area contributed by atoms with E-state index in [0.717, 1.165) is 53.9 Å². The molecular formula is C21H24N2O4S2. The fourth-order valence-electron chi connectivity index (χ4n) is 3.28. The van der Waals surface area contributed by atoms with E-state index in [2.05, 4.69) is 15.4 Å². The van der Waals surface area contributed by atoms with Crippen LogP contribution >= 0.6 is 23.1 Å². The van der Waals surface area contributed by atoms with Gasteiger partial charge in [-0.25, -0.2) is 4.79 Å². The zero-order valence-electron chi connectivity index (χ0n) is 16.3. The number of thioether (sulfide) groups is 1. The van der Waals surface area contributed by atoms with Crippen LogP contribution in [0.4, 0.5) is 9.80 Å². The minimum Gasteiger partial charge on any atom is -0.453 e. The number of ether oxygens (including phenoxy) is 1. The summed E-state index contributed by atoms with van der Waals surface area (Å²) in [6.45, 7) is 0. The second-order valence-corrected chi connectivity index (χ2v) is 8.83. The summed E-state index contributed by atoms with van der Waals surface area (Å²) in [5.74, 6) is 0.346. The number of imide groups is 1. The third-order valence-corrected chi connectivity index (χ3v) is 6.86. The number of nitrogens with one attached hydrogen (secondary N) is 2.